The highest BCUT2D eigenvalue weighted by atomic mass is 79.9. The molecule has 180 valence electrons. The molecule has 5 aromatic rings. The molecule has 3 aromatic carbocycles. The molecule has 2 aromatic heterocycles. The zero-order chi connectivity index (χ0) is 24.6. The first-order valence-electron chi connectivity index (χ1n) is 11.4. The summed E-state index contributed by atoms with van der Waals surface area (Å²) in [5.41, 5.74) is 5.57. The van der Waals surface area contributed by atoms with E-state index in [-0.39, 0.29) is 18.3 Å². The summed E-state index contributed by atoms with van der Waals surface area (Å²) >= 11 is 3.46. The van der Waals surface area contributed by atoms with Gasteiger partial charge in [0.25, 0.3) is 5.91 Å². The highest BCUT2D eigenvalue weighted by Gasteiger charge is 2.36. The molecule has 0 aliphatic carbocycles. The van der Waals surface area contributed by atoms with Crippen LogP contribution in [0.25, 0.3) is 28.0 Å². The molecule has 0 saturated carbocycles. The Labute approximate surface area is 213 Å². The molecule has 1 amide bonds. The quantitative estimate of drug-likeness (QED) is 0.330. The molecule has 8 nitrogen and oxygen atoms in total. The fourth-order valence-corrected chi connectivity index (χ4v) is 4.63. The summed E-state index contributed by atoms with van der Waals surface area (Å²) in [5, 5.41) is 15.6. The van der Waals surface area contributed by atoms with Crippen LogP contribution >= 0.6 is 15.9 Å². The first-order chi connectivity index (χ1) is 17.5. The second-order valence-electron chi connectivity index (χ2n) is 8.51. The van der Waals surface area contributed by atoms with Crippen LogP contribution in [0.15, 0.2) is 77.4 Å². The largest absolute Gasteiger partial charge is 0.344 e. The predicted octanol–water partition coefficient (Wildman–Crippen LogP) is 4.81. The van der Waals surface area contributed by atoms with Crippen molar-refractivity contribution >= 4 is 32.9 Å². The molecular weight excluding hydrogens is 527 g/mol. The van der Waals surface area contributed by atoms with Crippen LogP contribution in [0.5, 0.6) is 0 Å². The number of H-pyrrole nitrogens is 1. The zero-order valence-corrected chi connectivity index (χ0v) is 20.5. The minimum absolute atomic E-state index is 0.0146. The number of carbonyl (C=O) groups excluding carboxylic acids is 1. The Morgan fingerprint density at radius 2 is 1.81 bits per heavy atom. The molecule has 1 N–H and O–H groups in total. The number of benzene rings is 3. The second-order valence-corrected chi connectivity index (χ2v) is 9.42. The standard InChI is InChI=1S/C26H20BrFN6O2/c27-18-4-8-20(9-5-18)34-14-21(25(31-34)17-2-6-19(28)7-3-17)26-33(24(35)15-36-26)12-11-16-1-10-22-23(13-16)30-32-29-22/h1-10,13-14,26H,11-12,15H2,(H,29,30,32). The Hall–Kier alpha value is -3.89. The van der Waals surface area contributed by atoms with E-state index in [0.29, 0.717) is 18.7 Å². The molecule has 1 unspecified atom stereocenters. The highest BCUT2D eigenvalue weighted by Crippen LogP contribution is 2.35. The lowest BCUT2D eigenvalue weighted by Gasteiger charge is -2.23. The molecule has 10 heteroatoms. The summed E-state index contributed by atoms with van der Waals surface area (Å²) in [6, 6.07) is 19.8. The van der Waals surface area contributed by atoms with E-state index in [1.165, 1.54) is 12.1 Å². The van der Waals surface area contributed by atoms with Crippen LogP contribution in [-0.4, -0.2) is 49.1 Å². The van der Waals surface area contributed by atoms with E-state index in [4.69, 9.17) is 9.84 Å². The van der Waals surface area contributed by atoms with Crippen molar-refractivity contribution in [2.75, 3.05) is 13.2 Å². The Morgan fingerprint density at radius 1 is 1.03 bits per heavy atom. The Kier molecular flexibility index (Phi) is 5.82. The third-order valence-corrected chi connectivity index (χ3v) is 6.74. The van der Waals surface area contributed by atoms with Crippen LogP contribution in [-0.2, 0) is 16.0 Å². The van der Waals surface area contributed by atoms with Crippen molar-refractivity contribution in [3.63, 3.8) is 0 Å². The number of fused-ring (bicyclic) bond motifs is 1. The number of aromatic nitrogens is 5. The van der Waals surface area contributed by atoms with Crippen LogP contribution in [0.2, 0.25) is 0 Å². The van der Waals surface area contributed by atoms with E-state index in [1.54, 1.807) is 21.7 Å². The van der Waals surface area contributed by atoms with Crippen molar-refractivity contribution in [2.24, 2.45) is 0 Å². The molecule has 1 aliphatic heterocycles. The summed E-state index contributed by atoms with van der Waals surface area (Å²) in [6.07, 6.45) is 1.89. The van der Waals surface area contributed by atoms with E-state index < -0.39 is 6.23 Å². The highest BCUT2D eigenvalue weighted by molar-refractivity contribution is 9.10. The van der Waals surface area contributed by atoms with Gasteiger partial charge in [-0.05, 0) is 72.6 Å². The number of hydrogen-bond donors (Lipinski definition) is 1. The Morgan fingerprint density at radius 3 is 2.61 bits per heavy atom. The molecule has 1 fully saturated rings. The molecular formula is C26H20BrFN6O2. The number of rotatable bonds is 6. The maximum absolute atomic E-state index is 13.6. The third kappa shape index (κ3) is 4.29. The minimum Gasteiger partial charge on any atom is -0.344 e. The summed E-state index contributed by atoms with van der Waals surface area (Å²) < 4.78 is 22.3. The average molecular weight is 547 g/mol. The van der Waals surface area contributed by atoms with E-state index in [0.717, 1.165) is 37.9 Å². The van der Waals surface area contributed by atoms with Gasteiger partial charge in [-0.2, -0.15) is 20.5 Å². The first kappa shape index (κ1) is 22.6. The topological polar surface area (TPSA) is 88.9 Å². The molecule has 36 heavy (non-hydrogen) atoms. The van der Waals surface area contributed by atoms with Gasteiger partial charge < -0.3 is 9.64 Å². The number of nitrogens with one attached hydrogen (secondary N) is 1. The number of hydrogen-bond acceptors (Lipinski definition) is 5. The summed E-state index contributed by atoms with van der Waals surface area (Å²) in [6.45, 7) is 0.443. The van der Waals surface area contributed by atoms with Crippen molar-refractivity contribution in [1.29, 1.82) is 0 Å². The maximum atomic E-state index is 13.6. The van der Waals surface area contributed by atoms with Crippen LogP contribution < -0.4 is 0 Å². The molecule has 1 saturated heterocycles. The van der Waals surface area contributed by atoms with Crippen molar-refractivity contribution in [2.45, 2.75) is 12.6 Å². The van der Waals surface area contributed by atoms with Gasteiger partial charge in [-0.1, -0.05) is 22.0 Å². The van der Waals surface area contributed by atoms with Gasteiger partial charge in [-0.15, -0.1) is 0 Å². The number of halogens is 2. The monoisotopic (exact) mass is 546 g/mol. The van der Waals surface area contributed by atoms with Crippen LogP contribution in [0.3, 0.4) is 0 Å². The summed E-state index contributed by atoms with van der Waals surface area (Å²) in [5.74, 6) is -0.422. The van der Waals surface area contributed by atoms with E-state index in [1.807, 2.05) is 48.7 Å². The SMILES string of the molecule is O=C1COC(c2cn(-c3ccc(Br)cc3)nc2-c2ccc(F)cc2)N1CCc1ccc2n[nH]nc2c1. The molecule has 0 bridgehead atoms. The number of aromatic amines is 1. The van der Waals surface area contributed by atoms with Crippen molar-refractivity contribution in [1.82, 2.24) is 30.1 Å². The molecule has 1 atom stereocenters. The molecule has 0 radical (unpaired) electrons. The first-order valence-corrected chi connectivity index (χ1v) is 12.2. The van der Waals surface area contributed by atoms with Gasteiger partial charge in [0.1, 0.15) is 29.2 Å². The molecule has 3 heterocycles. The van der Waals surface area contributed by atoms with Gasteiger partial charge in [0, 0.05) is 28.3 Å². The van der Waals surface area contributed by atoms with Gasteiger partial charge in [0.15, 0.2) is 6.23 Å². The van der Waals surface area contributed by atoms with Crippen molar-refractivity contribution in [3.05, 3.63) is 94.3 Å². The smallest absolute Gasteiger partial charge is 0.250 e. The summed E-state index contributed by atoms with van der Waals surface area (Å²) in [4.78, 5) is 14.6. The lowest BCUT2D eigenvalue weighted by Crippen LogP contribution is -2.30. The van der Waals surface area contributed by atoms with Crippen molar-refractivity contribution in [3.8, 4) is 16.9 Å². The van der Waals surface area contributed by atoms with E-state index in [9.17, 15) is 9.18 Å². The van der Waals surface area contributed by atoms with Gasteiger partial charge in [-0.3, -0.25) is 4.79 Å². The number of ether oxygens (including phenoxy) is 1. The fourth-order valence-electron chi connectivity index (χ4n) is 4.37. The molecule has 0 spiro atoms. The van der Waals surface area contributed by atoms with Gasteiger partial charge in [0.05, 0.1) is 5.69 Å². The van der Waals surface area contributed by atoms with Gasteiger partial charge in [0.2, 0.25) is 0 Å². The third-order valence-electron chi connectivity index (χ3n) is 6.21. The lowest BCUT2D eigenvalue weighted by atomic mass is 10.1. The maximum Gasteiger partial charge on any atom is 0.250 e. The second kappa shape index (κ2) is 9.29. The Bertz CT molecular complexity index is 1550. The van der Waals surface area contributed by atoms with E-state index >= 15 is 0 Å². The van der Waals surface area contributed by atoms with Gasteiger partial charge in [-0.25, -0.2) is 9.07 Å². The zero-order valence-electron chi connectivity index (χ0n) is 18.9. The Balaban J connectivity index is 1.34. The number of nitrogens with zero attached hydrogens (tertiary/aromatic N) is 5. The fraction of sp³-hybridized carbons (Fsp3) is 0.154. The number of carbonyl (C=O) groups is 1. The minimum atomic E-state index is -0.613. The molecule has 1 aliphatic rings. The number of amides is 1. The van der Waals surface area contributed by atoms with Crippen LogP contribution in [0, 0.1) is 5.82 Å². The van der Waals surface area contributed by atoms with E-state index in [2.05, 4.69) is 31.3 Å². The lowest BCUT2D eigenvalue weighted by molar-refractivity contribution is -0.128. The normalized spacial score (nSPS) is 15.8. The van der Waals surface area contributed by atoms with Crippen molar-refractivity contribution < 1.29 is 13.9 Å². The summed E-state index contributed by atoms with van der Waals surface area (Å²) in [7, 11) is 0. The van der Waals surface area contributed by atoms with Crippen LogP contribution in [0.1, 0.15) is 17.4 Å². The van der Waals surface area contributed by atoms with Crippen LogP contribution in [0.4, 0.5) is 4.39 Å². The average Bonchev–Trinajstić information content (AvgIpc) is 3.62. The van der Waals surface area contributed by atoms with Gasteiger partial charge >= 0.3 is 0 Å². The molecule has 6 rings (SSSR count). The predicted molar refractivity (Wildman–Crippen MR) is 135 cm³/mol.